The Balaban J connectivity index is 1.77. The molecule has 1 saturated heterocycles. The van der Waals surface area contributed by atoms with Crippen molar-refractivity contribution >= 4 is 11.9 Å². The minimum Gasteiger partial charge on any atom is -0.478 e. The summed E-state index contributed by atoms with van der Waals surface area (Å²) in [5.41, 5.74) is 2.17. The standard InChI is InChI=1S/C16H19NO4/c1-10-7-12(9-21-10)15(18)17-6-5-13-11(8-17)3-2-4-14(13)16(19)20/h2-4,10,12H,5-9H2,1H3,(H,19,20). The van der Waals surface area contributed by atoms with Crippen molar-refractivity contribution in [2.75, 3.05) is 13.2 Å². The molecule has 1 amide bonds. The zero-order valence-electron chi connectivity index (χ0n) is 12.0. The molecule has 112 valence electrons. The summed E-state index contributed by atoms with van der Waals surface area (Å²) in [7, 11) is 0. The molecule has 2 heterocycles. The van der Waals surface area contributed by atoms with Crippen molar-refractivity contribution in [3.05, 3.63) is 34.9 Å². The van der Waals surface area contributed by atoms with Gasteiger partial charge in [-0.3, -0.25) is 4.79 Å². The Hall–Kier alpha value is -1.88. The van der Waals surface area contributed by atoms with Crippen LogP contribution in [-0.4, -0.2) is 41.1 Å². The highest BCUT2D eigenvalue weighted by Crippen LogP contribution is 2.27. The fraction of sp³-hybridized carbons (Fsp3) is 0.500. The van der Waals surface area contributed by atoms with E-state index in [1.165, 1.54) is 0 Å². The Morgan fingerprint density at radius 2 is 2.19 bits per heavy atom. The van der Waals surface area contributed by atoms with Gasteiger partial charge in [0.25, 0.3) is 0 Å². The molecular weight excluding hydrogens is 270 g/mol. The lowest BCUT2D eigenvalue weighted by Gasteiger charge is -2.31. The number of amides is 1. The number of carboxylic acids is 1. The van der Waals surface area contributed by atoms with Crippen molar-refractivity contribution in [2.24, 2.45) is 5.92 Å². The Kier molecular flexibility index (Phi) is 3.68. The second kappa shape index (κ2) is 5.48. The van der Waals surface area contributed by atoms with Gasteiger partial charge < -0.3 is 14.7 Å². The van der Waals surface area contributed by atoms with E-state index >= 15 is 0 Å². The number of hydrogen-bond acceptors (Lipinski definition) is 3. The maximum absolute atomic E-state index is 12.5. The summed E-state index contributed by atoms with van der Waals surface area (Å²) in [5.74, 6) is -0.820. The number of carbonyl (C=O) groups is 2. The van der Waals surface area contributed by atoms with Gasteiger partial charge in [0, 0.05) is 13.1 Å². The molecule has 0 spiro atoms. The molecule has 5 heteroatoms. The molecule has 21 heavy (non-hydrogen) atoms. The number of rotatable bonds is 2. The number of nitrogens with zero attached hydrogens (tertiary/aromatic N) is 1. The topological polar surface area (TPSA) is 66.8 Å². The summed E-state index contributed by atoms with van der Waals surface area (Å²) in [6.07, 6.45) is 1.53. The highest BCUT2D eigenvalue weighted by Gasteiger charge is 2.33. The summed E-state index contributed by atoms with van der Waals surface area (Å²) < 4.78 is 5.47. The fourth-order valence-electron chi connectivity index (χ4n) is 3.25. The van der Waals surface area contributed by atoms with Gasteiger partial charge in [-0.25, -0.2) is 4.79 Å². The monoisotopic (exact) mass is 289 g/mol. The average molecular weight is 289 g/mol. The van der Waals surface area contributed by atoms with Crippen molar-refractivity contribution in [1.82, 2.24) is 4.90 Å². The molecule has 0 aromatic heterocycles. The number of carboxylic acid groups (broad SMARTS) is 1. The summed E-state index contributed by atoms with van der Waals surface area (Å²) in [5, 5.41) is 9.22. The van der Waals surface area contributed by atoms with Crippen LogP contribution in [0, 0.1) is 5.92 Å². The molecule has 0 bridgehead atoms. The lowest BCUT2D eigenvalue weighted by Crippen LogP contribution is -2.40. The Labute approximate surface area is 123 Å². The first-order chi connectivity index (χ1) is 10.1. The highest BCUT2D eigenvalue weighted by molar-refractivity contribution is 5.90. The SMILES string of the molecule is CC1CC(C(=O)N2CCc3c(cccc3C(=O)O)C2)CO1. The van der Waals surface area contributed by atoms with E-state index in [2.05, 4.69) is 0 Å². The predicted molar refractivity (Wildman–Crippen MR) is 76.0 cm³/mol. The first-order valence-corrected chi connectivity index (χ1v) is 7.30. The molecule has 1 aromatic rings. The molecule has 1 fully saturated rings. The smallest absolute Gasteiger partial charge is 0.335 e. The van der Waals surface area contributed by atoms with Gasteiger partial charge in [-0.2, -0.15) is 0 Å². The lowest BCUT2D eigenvalue weighted by molar-refractivity contribution is -0.136. The van der Waals surface area contributed by atoms with Crippen molar-refractivity contribution in [2.45, 2.75) is 32.4 Å². The van der Waals surface area contributed by atoms with E-state index in [-0.39, 0.29) is 17.9 Å². The third kappa shape index (κ3) is 2.65. The molecule has 0 radical (unpaired) electrons. The van der Waals surface area contributed by atoms with Gasteiger partial charge in [0.15, 0.2) is 0 Å². The second-order valence-corrected chi connectivity index (χ2v) is 5.83. The molecule has 2 unspecified atom stereocenters. The van der Waals surface area contributed by atoms with Crippen molar-refractivity contribution in [1.29, 1.82) is 0 Å². The zero-order valence-corrected chi connectivity index (χ0v) is 12.0. The maximum atomic E-state index is 12.5. The van der Waals surface area contributed by atoms with E-state index in [9.17, 15) is 14.7 Å². The quantitative estimate of drug-likeness (QED) is 0.899. The zero-order chi connectivity index (χ0) is 15.0. The van der Waals surface area contributed by atoms with Gasteiger partial charge in [-0.05, 0) is 37.0 Å². The van der Waals surface area contributed by atoms with Crippen LogP contribution in [0.25, 0.3) is 0 Å². The van der Waals surface area contributed by atoms with Crippen LogP contribution < -0.4 is 0 Å². The van der Waals surface area contributed by atoms with Crippen LogP contribution in [0.1, 0.15) is 34.8 Å². The molecule has 2 aliphatic rings. The molecule has 3 rings (SSSR count). The number of carbonyl (C=O) groups excluding carboxylic acids is 1. The third-order valence-corrected chi connectivity index (χ3v) is 4.36. The van der Waals surface area contributed by atoms with E-state index in [1.54, 1.807) is 12.1 Å². The van der Waals surface area contributed by atoms with E-state index in [4.69, 9.17) is 4.74 Å². The van der Waals surface area contributed by atoms with Crippen LogP contribution in [-0.2, 0) is 22.5 Å². The predicted octanol–water partition coefficient (Wildman–Crippen LogP) is 1.69. The summed E-state index contributed by atoms with van der Waals surface area (Å²) >= 11 is 0. The Bertz CT molecular complexity index is 584. The normalized spacial score (nSPS) is 24.7. The highest BCUT2D eigenvalue weighted by atomic mass is 16.5. The number of benzene rings is 1. The third-order valence-electron chi connectivity index (χ3n) is 4.36. The Morgan fingerprint density at radius 1 is 1.38 bits per heavy atom. The summed E-state index contributed by atoms with van der Waals surface area (Å²) in [4.78, 5) is 25.6. The van der Waals surface area contributed by atoms with Crippen molar-refractivity contribution < 1.29 is 19.4 Å². The van der Waals surface area contributed by atoms with Crippen molar-refractivity contribution in [3.8, 4) is 0 Å². The number of hydrogen-bond donors (Lipinski definition) is 1. The molecule has 1 aromatic carbocycles. The van der Waals surface area contributed by atoms with Crippen LogP contribution in [0.15, 0.2) is 18.2 Å². The van der Waals surface area contributed by atoms with Gasteiger partial charge in [0.2, 0.25) is 5.91 Å². The molecule has 0 saturated carbocycles. The van der Waals surface area contributed by atoms with Crippen LogP contribution in [0.3, 0.4) is 0 Å². The fourth-order valence-corrected chi connectivity index (χ4v) is 3.25. The number of fused-ring (bicyclic) bond motifs is 1. The molecular formula is C16H19NO4. The minimum absolute atomic E-state index is 0.0517. The lowest BCUT2D eigenvalue weighted by atomic mass is 9.93. The first kappa shape index (κ1) is 14.1. The van der Waals surface area contributed by atoms with Gasteiger partial charge in [0.1, 0.15) is 0 Å². The van der Waals surface area contributed by atoms with E-state index in [0.29, 0.717) is 31.7 Å². The summed E-state index contributed by atoms with van der Waals surface area (Å²) in [6, 6.07) is 5.29. The molecule has 1 N–H and O–H groups in total. The van der Waals surface area contributed by atoms with Gasteiger partial charge in [-0.15, -0.1) is 0 Å². The molecule has 2 atom stereocenters. The average Bonchev–Trinajstić information content (AvgIpc) is 2.91. The largest absolute Gasteiger partial charge is 0.478 e. The van der Waals surface area contributed by atoms with E-state index in [1.807, 2.05) is 17.9 Å². The van der Waals surface area contributed by atoms with Crippen LogP contribution in [0.2, 0.25) is 0 Å². The number of ether oxygens (including phenoxy) is 1. The first-order valence-electron chi connectivity index (χ1n) is 7.30. The van der Waals surface area contributed by atoms with E-state index in [0.717, 1.165) is 17.5 Å². The molecule has 2 aliphatic heterocycles. The van der Waals surface area contributed by atoms with Gasteiger partial charge in [-0.1, -0.05) is 12.1 Å². The number of aromatic carboxylic acids is 1. The second-order valence-electron chi connectivity index (χ2n) is 5.83. The van der Waals surface area contributed by atoms with Gasteiger partial charge >= 0.3 is 5.97 Å². The summed E-state index contributed by atoms with van der Waals surface area (Å²) in [6.45, 7) is 3.57. The van der Waals surface area contributed by atoms with E-state index < -0.39 is 5.97 Å². The van der Waals surface area contributed by atoms with Crippen molar-refractivity contribution in [3.63, 3.8) is 0 Å². The maximum Gasteiger partial charge on any atom is 0.335 e. The van der Waals surface area contributed by atoms with Gasteiger partial charge in [0.05, 0.1) is 24.2 Å². The van der Waals surface area contributed by atoms with Crippen LogP contribution >= 0.6 is 0 Å². The molecule has 0 aliphatic carbocycles. The van der Waals surface area contributed by atoms with Crippen LogP contribution in [0.4, 0.5) is 0 Å². The Morgan fingerprint density at radius 3 is 2.86 bits per heavy atom. The minimum atomic E-state index is -0.898. The molecule has 5 nitrogen and oxygen atoms in total. The van der Waals surface area contributed by atoms with Crippen LogP contribution in [0.5, 0.6) is 0 Å².